The van der Waals surface area contributed by atoms with Crippen LogP contribution in [0.1, 0.15) is 50.2 Å². The van der Waals surface area contributed by atoms with E-state index in [4.69, 9.17) is 5.73 Å². The van der Waals surface area contributed by atoms with Crippen LogP contribution in [0.4, 0.5) is 4.39 Å². The van der Waals surface area contributed by atoms with Crippen molar-refractivity contribution in [1.29, 1.82) is 0 Å². The number of rotatable bonds is 2. The van der Waals surface area contributed by atoms with Gasteiger partial charge in [-0.2, -0.15) is 0 Å². The van der Waals surface area contributed by atoms with Crippen molar-refractivity contribution in [3.05, 3.63) is 35.1 Å². The average molecular weight is 249 g/mol. The highest BCUT2D eigenvalue weighted by molar-refractivity contribution is 5.31. The molecule has 0 aromatic heterocycles. The van der Waals surface area contributed by atoms with Crippen LogP contribution in [-0.4, -0.2) is 6.54 Å². The van der Waals surface area contributed by atoms with Gasteiger partial charge in [-0.15, -0.1) is 0 Å². The molecule has 0 heterocycles. The maximum Gasteiger partial charge on any atom is 0.123 e. The lowest BCUT2D eigenvalue weighted by Gasteiger charge is -2.41. The first-order valence-electron chi connectivity index (χ1n) is 6.89. The summed E-state index contributed by atoms with van der Waals surface area (Å²) in [5.74, 6) is 0.780. The molecule has 2 rings (SSSR count). The summed E-state index contributed by atoms with van der Waals surface area (Å²) in [6, 6.07) is 5.15. The third-order valence-corrected chi connectivity index (χ3v) is 4.48. The first-order valence-corrected chi connectivity index (χ1v) is 6.89. The van der Waals surface area contributed by atoms with Gasteiger partial charge >= 0.3 is 0 Å². The fourth-order valence-electron chi connectivity index (χ4n) is 3.30. The summed E-state index contributed by atoms with van der Waals surface area (Å²) in [7, 11) is 0. The molecule has 2 atom stereocenters. The Morgan fingerprint density at radius 3 is 2.78 bits per heavy atom. The van der Waals surface area contributed by atoms with Gasteiger partial charge in [-0.3, -0.25) is 0 Å². The summed E-state index contributed by atoms with van der Waals surface area (Å²) in [5.41, 5.74) is 8.61. The topological polar surface area (TPSA) is 26.0 Å². The molecule has 2 unspecified atom stereocenters. The van der Waals surface area contributed by atoms with Gasteiger partial charge in [-0.25, -0.2) is 4.39 Å². The lowest BCUT2D eigenvalue weighted by molar-refractivity contribution is 0.165. The Balaban J connectivity index is 2.35. The Hall–Kier alpha value is -0.890. The fraction of sp³-hybridized carbons (Fsp3) is 0.625. The van der Waals surface area contributed by atoms with E-state index in [1.54, 1.807) is 12.1 Å². The SMILES string of the molecule is Cc1ccc(F)cc1C1CC(C)(C)CCC1CN. The largest absolute Gasteiger partial charge is 0.330 e. The molecule has 1 aliphatic rings. The van der Waals surface area contributed by atoms with Gasteiger partial charge in [-0.05, 0) is 73.2 Å². The monoisotopic (exact) mass is 249 g/mol. The fourth-order valence-corrected chi connectivity index (χ4v) is 3.30. The quantitative estimate of drug-likeness (QED) is 0.842. The van der Waals surface area contributed by atoms with Gasteiger partial charge in [0.05, 0.1) is 0 Å². The maximum absolute atomic E-state index is 13.5. The van der Waals surface area contributed by atoms with E-state index in [1.165, 1.54) is 17.5 Å². The summed E-state index contributed by atoms with van der Waals surface area (Å²) >= 11 is 0. The molecule has 100 valence electrons. The number of hydrogen-bond acceptors (Lipinski definition) is 1. The minimum Gasteiger partial charge on any atom is -0.330 e. The molecule has 1 aliphatic carbocycles. The zero-order chi connectivity index (χ0) is 13.3. The third-order valence-electron chi connectivity index (χ3n) is 4.48. The number of hydrogen-bond donors (Lipinski definition) is 1. The third kappa shape index (κ3) is 2.74. The predicted octanol–water partition coefficient (Wildman–Crippen LogP) is 4.00. The first kappa shape index (κ1) is 13.5. The van der Waals surface area contributed by atoms with Crippen LogP contribution in [0.15, 0.2) is 18.2 Å². The molecular weight excluding hydrogens is 225 g/mol. The lowest BCUT2D eigenvalue weighted by atomic mass is 9.64. The minimum atomic E-state index is -0.130. The van der Waals surface area contributed by atoms with Gasteiger partial charge in [0.15, 0.2) is 0 Å². The number of benzene rings is 1. The van der Waals surface area contributed by atoms with E-state index in [2.05, 4.69) is 20.8 Å². The van der Waals surface area contributed by atoms with E-state index >= 15 is 0 Å². The molecule has 1 saturated carbocycles. The molecule has 1 nitrogen and oxygen atoms in total. The Labute approximate surface area is 110 Å². The normalized spacial score (nSPS) is 27.2. The van der Waals surface area contributed by atoms with Gasteiger partial charge in [-0.1, -0.05) is 19.9 Å². The van der Waals surface area contributed by atoms with Crippen LogP contribution >= 0.6 is 0 Å². The second-order valence-corrected chi connectivity index (χ2v) is 6.51. The van der Waals surface area contributed by atoms with Gasteiger partial charge in [0, 0.05) is 0 Å². The zero-order valence-corrected chi connectivity index (χ0v) is 11.7. The van der Waals surface area contributed by atoms with Crippen molar-refractivity contribution < 1.29 is 4.39 Å². The van der Waals surface area contributed by atoms with Crippen LogP contribution in [0.2, 0.25) is 0 Å². The summed E-state index contributed by atoms with van der Waals surface area (Å²) < 4.78 is 13.5. The van der Waals surface area contributed by atoms with Crippen LogP contribution in [0.25, 0.3) is 0 Å². The van der Waals surface area contributed by atoms with E-state index in [9.17, 15) is 4.39 Å². The molecule has 0 aliphatic heterocycles. The Morgan fingerprint density at radius 2 is 2.11 bits per heavy atom. The lowest BCUT2D eigenvalue weighted by Crippen LogP contribution is -2.33. The van der Waals surface area contributed by atoms with E-state index in [1.807, 2.05) is 6.07 Å². The number of nitrogens with two attached hydrogens (primary N) is 1. The average Bonchev–Trinajstić information content (AvgIpc) is 2.31. The van der Waals surface area contributed by atoms with Crippen LogP contribution < -0.4 is 5.73 Å². The smallest absolute Gasteiger partial charge is 0.123 e. The molecule has 1 fully saturated rings. The van der Waals surface area contributed by atoms with Crippen molar-refractivity contribution in [2.45, 2.75) is 46.0 Å². The van der Waals surface area contributed by atoms with Crippen molar-refractivity contribution in [3.63, 3.8) is 0 Å². The molecule has 18 heavy (non-hydrogen) atoms. The molecule has 0 saturated heterocycles. The highest BCUT2D eigenvalue weighted by Gasteiger charge is 2.35. The van der Waals surface area contributed by atoms with Crippen LogP contribution in [0.3, 0.4) is 0 Å². The standard InChI is InChI=1S/C16H24FN/c1-11-4-5-13(17)8-14(11)15-9-16(2,3)7-6-12(15)10-18/h4-5,8,12,15H,6-7,9-10,18H2,1-3H3. The highest BCUT2D eigenvalue weighted by Crippen LogP contribution is 2.47. The van der Waals surface area contributed by atoms with E-state index in [0.717, 1.165) is 12.8 Å². The van der Waals surface area contributed by atoms with Gasteiger partial charge in [0.2, 0.25) is 0 Å². The molecule has 2 heteroatoms. The zero-order valence-electron chi connectivity index (χ0n) is 11.7. The predicted molar refractivity (Wildman–Crippen MR) is 74.1 cm³/mol. The first-order chi connectivity index (χ1) is 8.43. The van der Waals surface area contributed by atoms with Crippen molar-refractivity contribution in [2.24, 2.45) is 17.1 Å². The van der Waals surface area contributed by atoms with Gasteiger partial charge < -0.3 is 5.73 Å². The Kier molecular flexibility index (Phi) is 3.76. The van der Waals surface area contributed by atoms with Crippen LogP contribution in [0.5, 0.6) is 0 Å². The van der Waals surface area contributed by atoms with Crippen molar-refractivity contribution in [1.82, 2.24) is 0 Å². The molecule has 1 aromatic rings. The van der Waals surface area contributed by atoms with Crippen LogP contribution in [-0.2, 0) is 0 Å². The van der Waals surface area contributed by atoms with E-state index in [-0.39, 0.29) is 5.82 Å². The molecule has 0 amide bonds. The van der Waals surface area contributed by atoms with Crippen LogP contribution in [0, 0.1) is 24.1 Å². The van der Waals surface area contributed by atoms with E-state index in [0.29, 0.717) is 23.8 Å². The van der Waals surface area contributed by atoms with Crippen molar-refractivity contribution in [2.75, 3.05) is 6.54 Å². The van der Waals surface area contributed by atoms with Crippen molar-refractivity contribution in [3.8, 4) is 0 Å². The molecular formula is C16H24FN. The molecule has 0 radical (unpaired) electrons. The second kappa shape index (κ2) is 5.00. The maximum atomic E-state index is 13.5. The summed E-state index contributed by atoms with van der Waals surface area (Å²) in [4.78, 5) is 0. The number of aryl methyl sites for hydroxylation is 1. The molecule has 0 spiro atoms. The van der Waals surface area contributed by atoms with E-state index < -0.39 is 0 Å². The summed E-state index contributed by atoms with van der Waals surface area (Å²) in [5, 5.41) is 0. The minimum absolute atomic E-state index is 0.130. The van der Waals surface area contributed by atoms with Crippen molar-refractivity contribution >= 4 is 0 Å². The Bertz CT molecular complexity index is 425. The molecule has 1 aromatic carbocycles. The summed E-state index contributed by atoms with van der Waals surface area (Å²) in [6.07, 6.45) is 3.49. The van der Waals surface area contributed by atoms with Gasteiger partial charge in [0.25, 0.3) is 0 Å². The molecule has 0 bridgehead atoms. The highest BCUT2D eigenvalue weighted by atomic mass is 19.1. The second-order valence-electron chi connectivity index (χ2n) is 6.51. The Morgan fingerprint density at radius 1 is 1.39 bits per heavy atom. The van der Waals surface area contributed by atoms with Gasteiger partial charge in [0.1, 0.15) is 5.82 Å². The number of halogens is 1. The molecule has 2 N–H and O–H groups in total. The summed E-state index contributed by atoms with van der Waals surface area (Å²) in [6.45, 7) is 7.39.